The van der Waals surface area contributed by atoms with Crippen LogP contribution in [0.4, 0.5) is 0 Å². The number of hydrogen-bond donors (Lipinski definition) is 0. The largest absolute Gasteiger partial charge is 0.482 e. The van der Waals surface area contributed by atoms with Crippen LogP contribution in [-0.2, 0) is 16.1 Å². The lowest BCUT2D eigenvalue weighted by Crippen LogP contribution is -2.68. The van der Waals surface area contributed by atoms with Gasteiger partial charge in [0.05, 0.1) is 19.3 Å². The van der Waals surface area contributed by atoms with Gasteiger partial charge in [-0.05, 0) is 23.1 Å². The van der Waals surface area contributed by atoms with Gasteiger partial charge in [0.1, 0.15) is 12.8 Å². The Balaban J connectivity index is 1.31. The van der Waals surface area contributed by atoms with Gasteiger partial charge in [0, 0.05) is 48.2 Å². The smallest absolute Gasteiger partial charge is 0.278 e. The highest BCUT2D eigenvalue weighted by atomic mass is 32.2. The molecule has 220 valence electrons. The van der Waals surface area contributed by atoms with E-state index in [0.717, 1.165) is 11.3 Å². The molecule has 5 heterocycles. The van der Waals surface area contributed by atoms with Crippen LogP contribution in [0.25, 0.3) is 0 Å². The van der Waals surface area contributed by atoms with Crippen LogP contribution < -0.4 is 15.2 Å². The van der Waals surface area contributed by atoms with Crippen LogP contribution in [0.5, 0.6) is 5.75 Å². The number of benzene rings is 2. The molecule has 0 radical (unpaired) electrons. The summed E-state index contributed by atoms with van der Waals surface area (Å²) in [5.74, 6) is 0.539. The second-order valence-electron chi connectivity index (χ2n) is 11.7. The fourth-order valence-corrected chi connectivity index (χ4v) is 8.51. The van der Waals surface area contributed by atoms with Crippen LogP contribution in [0, 0.1) is 11.8 Å². The molecule has 9 heteroatoms. The van der Waals surface area contributed by atoms with Crippen LogP contribution >= 0.6 is 11.8 Å². The minimum absolute atomic E-state index is 0.0837. The molecule has 2 unspecified atom stereocenters. The van der Waals surface area contributed by atoms with E-state index in [1.165, 1.54) is 16.5 Å². The van der Waals surface area contributed by atoms with Gasteiger partial charge in [-0.1, -0.05) is 72.8 Å². The number of nitrogens with zero attached hydrogens (tertiary/aromatic N) is 3. The summed E-state index contributed by atoms with van der Waals surface area (Å²) in [4.78, 5) is 30.9. The second-order valence-corrected chi connectivity index (χ2v) is 12.8. The zero-order chi connectivity index (χ0) is 29.0. The summed E-state index contributed by atoms with van der Waals surface area (Å²) in [7, 11) is 0. The van der Waals surface area contributed by atoms with Crippen LogP contribution in [0.15, 0.2) is 101 Å². The molecule has 0 bridgehead atoms. The molecule has 1 aliphatic carbocycles. The molecule has 2 fully saturated rings. The van der Waals surface area contributed by atoms with Gasteiger partial charge in [0.15, 0.2) is 17.2 Å². The fourth-order valence-electron chi connectivity index (χ4n) is 7.27. The summed E-state index contributed by atoms with van der Waals surface area (Å²) >= 11 is 1.88. The number of rotatable bonds is 4. The average molecular weight is 596 g/mol. The number of thioether (sulfide) groups is 1. The summed E-state index contributed by atoms with van der Waals surface area (Å²) in [5, 5.41) is 2.31. The van der Waals surface area contributed by atoms with Crippen molar-refractivity contribution in [2.45, 2.75) is 42.3 Å². The standard InChI is InChI=1S/C34H33N3O5S/c38-27-14-16-36-31(32(27)40-21-23-8-2-1-3-9-23)33(39)35-17-15-34(41-18-19-42-34)20-29(35)37(36)30-25-11-5-4-10-24(25)22-43-28-13-7-6-12-26(28)30/h1-14,16,24-25,29-30H,15,17-22H2/t24?,25?,29-,30+/m1/s1. The van der Waals surface area contributed by atoms with Crippen LogP contribution in [0.2, 0.25) is 0 Å². The predicted octanol–water partition coefficient (Wildman–Crippen LogP) is 4.89. The van der Waals surface area contributed by atoms with Gasteiger partial charge in [0.2, 0.25) is 5.43 Å². The van der Waals surface area contributed by atoms with Crippen molar-refractivity contribution in [3.05, 3.63) is 118 Å². The van der Waals surface area contributed by atoms with E-state index in [9.17, 15) is 9.59 Å². The van der Waals surface area contributed by atoms with E-state index in [-0.39, 0.29) is 47.5 Å². The highest BCUT2D eigenvalue weighted by molar-refractivity contribution is 7.99. The SMILES string of the molecule is O=C1c2c(OCc3ccccc3)c(=O)ccn2N([C@@H]2c3ccccc3SCC3C=CC=CC32)[C@@H]2CC3(CCN12)OCCO3. The zero-order valence-electron chi connectivity index (χ0n) is 23.7. The summed E-state index contributed by atoms with van der Waals surface area (Å²) in [6, 6.07) is 19.7. The van der Waals surface area contributed by atoms with E-state index in [1.54, 1.807) is 6.20 Å². The average Bonchev–Trinajstić information content (AvgIpc) is 3.42. The lowest BCUT2D eigenvalue weighted by Gasteiger charge is -2.55. The molecule has 3 aromatic rings. The Bertz CT molecular complexity index is 1660. The highest BCUT2D eigenvalue weighted by Gasteiger charge is 2.54. The van der Waals surface area contributed by atoms with Gasteiger partial charge in [-0.3, -0.25) is 19.3 Å². The Morgan fingerprint density at radius 3 is 2.60 bits per heavy atom. The summed E-state index contributed by atoms with van der Waals surface area (Å²) in [5.41, 5.74) is 2.10. The Kier molecular flexibility index (Phi) is 6.69. The molecule has 2 saturated heterocycles. The normalized spacial score (nSPS) is 26.8. The third kappa shape index (κ3) is 4.53. The first-order valence-corrected chi connectivity index (χ1v) is 16.0. The van der Waals surface area contributed by atoms with E-state index in [0.29, 0.717) is 38.5 Å². The number of carbonyl (C=O) groups is 1. The minimum Gasteiger partial charge on any atom is -0.482 e. The maximum absolute atomic E-state index is 14.4. The van der Waals surface area contributed by atoms with Crippen molar-refractivity contribution < 1.29 is 19.0 Å². The quantitative estimate of drug-likeness (QED) is 0.425. The molecule has 5 aliphatic rings. The van der Waals surface area contributed by atoms with Gasteiger partial charge in [-0.2, -0.15) is 0 Å². The van der Waals surface area contributed by atoms with E-state index in [2.05, 4.69) is 53.6 Å². The molecule has 1 amide bonds. The molecule has 0 saturated carbocycles. The Morgan fingerprint density at radius 2 is 1.74 bits per heavy atom. The lowest BCUT2D eigenvalue weighted by molar-refractivity contribution is -0.195. The molecule has 4 aliphatic heterocycles. The molecular formula is C34H33N3O5S. The monoisotopic (exact) mass is 595 g/mol. The number of piperidine rings is 1. The second kappa shape index (κ2) is 10.7. The molecule has 8 rings (SSSR count). The van der Waals surface area contributed by atoms with Gasteiger partial charge in [-0.25, -0.2) is 0 Å². The molecule has 0 N–H and O–H groups in total. The number of allylic oxidation sites excluding steroid dienone is 3. The number of carbonyl (C=O) groups excluding carboxylic acids is 1. The van der Waals surface area contributed by atoms with Crippen LogP contribution in [0.1, 0.15) is 40.5 Å². The third-order valence-electron chi connectivity index (χ3n) is 9.29. The number of fused-ring (bicyclic) bond motifs is 4. The molecule has 43 heavy (non-hydrogen) atoms. The van der Waals surface area contributed by atoms with Crippen LogP contribution in [0.3, 0.4) is 0 Å². The van der Waals surface area contributed by atoms with Crippen molar-refractivity contribution >= 4 is 17.7 Å². The zero-order valence-corrected chi connectivity index (χ0v) is 24.5. The van der Waals surface area contributed by atoms with Gasteiger partial charge < -0.3 is 19.1 Å². The number of hydrogen-bond acceptors (Lipinski definition) is 7. The maximum Gasteiger partial charge on any atom is 0.278 e. The number of amides is 1. The van der Waals surface area contributed by atoms with Crippen molar-refractivity contribution in [2.75, 3.05) is 30.5 Å². The number of ether oxygens (including phenoxy) is 3. The van der Waals surface area contributed by atoms with Crippen molar-refractivity contribution in [3.63, 3.8) is 0 Å². The first kappa shape index (κ1) is 26.8. The number of pyridine rings is 1. The maximum atomic E-state index is 14.4. The minimum atomic E-state index is -0.733. The first-order valence-electron chi connectivity index (χ1n) is 15.0. The molecule has 2 aromatic carbocycles. The van der Waals surface area contributed by atoms with Crippen molar-refractivity contribution in [1.29, 1.82) is 0 Å². The lowest BCUT2D eigenvalue weighted by atomic mass is 9.80. The molecule has 1 aromatic heterocycles. The van der Waals surface area contributed by atoms with E-state index in [4.69, 9.17) is 14.2 Å². The Labute approximate surface area is 254 Å². The highest BCUT2D eigenvalue weighted by Crippen LogP contribution is 2.49. The first-order chi connectivity index (χ1) is 21.1. The summed E-state index contributed by atoms with van der Waals surface area (Å²) in [6.45, 7) is 1.73. The van der Waals surface area contributed by atoms with E-state index >= 15 is 0 Å². The van der Waals surface area contributed by atoms with Gasteiger partial charge >= 0.3 is 0 Å². The van der Waals surface area contributed by atoms with Crippen molar-refractivity contribution in [1.82, 2.24) is 9.58 Å². The fraction of sp³-hybridized carbons (Fsp3) is 0.353. The third-order valence-corrected chi connectivity index (χ3v) is 10.5. The van der Waals surface area contributed by atoms with Crippen LogP contribution in [-0.4, -0.2) is 52.9 Å². The van der Waals surface area contributed by atoms with Crippen molar-refractivity contribution in [2.24, 2.45) is 11.8 Å². The van der Waals surface area contributed by atoms with E-state index in [1.807, 2.05) is 51.7 Å². The summed E-state index contributed by atoms with van der Waals surface area (Å²) < 4.78 is 20.6. The Morgan fingerprint density at radius 1 is 0.953 bits per heavy atom. The molecular weight excluding hydrogens is 562 g/mol. The molecule has 1 spiro atoms. The van der Waals surface area contributed by atoms with Crippen molar-refractivity contribution in [3.8, 4) is 5.75 Å². The van der Waals surface area contributed by atoms with Gasteiger partial charge in [0.25, 0.3) is 5.91 Å². The predicted molar refractivity (Wildman–Crippen MR) is 164 cm³/mol. The summed E-state index contributed by atoms with van der Waals surface area (Å²) in [6.07, 6.45) is 11.3. The Hall–Kier alpha value is -3.79. The van der Waals surface area contributed by atoms with Gasteiger partial charge in [-0.15, -0.1) is 11.8 Å². The molecule has 8 nitrogen and oxygen atoms in total. The topological polar surface area (TPSA) is 73.2 Å². The number of aromatic nitrogens is 1. The van der Waals surface area contributed by atoms with E-state index < -0.39 is 5.79 Å². The molecule has 4 atom stereocenters.